The van der Waals surface area contributed by atoms with E-state index < -0.39 is 4.92 Å². The molecule has 2 heterocycles. The Hall–Kier alpha value is -1.99. The first-order valence-corrected chi connectivity index (χ1v) is 6.60. The first kappa shape index (κ1) is 13.4. The van der Waals surface area contributed by atoms with Gasteiger partial charge in [0.25, 0.3) is 0 Å². The average Bonchev–Trinajstić information content (AvgIpc) is 2.92. The van der Waals surface area contributed by atoms with Crippen LogP contribution in [0.4, 0.5) is 11.5 Å². The van der Waals surface area contributed by atoms with Gasteiger partial charge >= 0.3 is 5.82 Å². The van der Waals surface area contributed by atoms with Crippen LogP contribution in [0.15, 0.2) is 35.8 Å². The molecule has 2 aromatic rings. The zero-order chi connectivity index (χ0) is 13.7. The summed E-state index contributed by atoms with van der Waals surface area (Å²) in [5.74, 6) is -0.180. The monoisotopic (exact) mass is 279 g/mol. The summed E-state index contributed by atoms with van der Waals surface area (Å²) in [5.41, 5.74) is 0.692. The lowest BCUT2D eigenvalue weighted by molar-refractivity contribution is -0.389. The molecule has 7 heteroatoms. The van der Waals surface area contributed by atoms with Gasteiger partial charge < -0.3 is 20.5 Å². The summed E-state index contributed by atoms with van der Waals surface area (Å²) in [5, 5.41) is 24.8. The SMILES string of the molecule is O=[N+]([O-])c1ccc(NC(CCO)c2cccs2)cn1. The predicted molar refractivity (Wildman–Crippen MR) is 73.3 cm³/mol. The fourth-order valence-electron chi connectivity index (χ4n) is 1.68. The minimum atomic E-state index is -0.533. The number of hydrogen-bond donors (Lipinski definition) is 2. The Balaban J connectivity index is 2.11. The Morgan fingerprint density at radius 3 is 2.84 bits per heavy atom. The Bertz CT molecular complexity index is 528. The second-order valence-corrected chi connectivity index (χ2v) is 4.87. The van der Waals surface area contributed by atoms with Gasteiger partial charge in [-0.2, -0.15) is 0 Å². The molecule has 1 unspecified atom stereocenters. The van der Waals surface area contributed by atoms with Crippen LogP contribution in [-0.4, -0.2) is 21.6 Å². The molecule has 0 radical (unpaired) electrons. The summed E-state index contributed by atoms with van der Waals surface area (Å²) in [6, 6.07) is 6.88. The Morgan fingerprint density at radius 2 is 2.32 bits per heavy atom. The van der Waals surface area contributed by atoms with Gasteiger partial charge in [0.05, 0.1) is 11.7 Å². The number of pyridine rings is 1. The summed E-state index contributed by atoms with van der Waals surface area (Å²) >= 11 is 1.60. The molecule has 0 aliphatic rings. The van der Waals surface area contributed by atoms with Crippen LogP contribution in [0.25, 0.3) is 0 Å². The van der Waals surface area contributed by atoms with Gasteiger partial charge in [-0.25, -0.2) is 0 Å². The molecule has 0 amide bonds. The molecular weight excluding hydrogens is 266 g/mol. The zero-order valence-corrected chi connectivity index (χ0v) is 10.8. The molecule has 0 spiro atoms. The Labute approximate surface area is 113 Å². The molecule has 0 saturated heterocycles. The zero-order valence-electron chi connectivity index (χ0n) is 10.0. The van der Waals surface area contributed by atoms with Gasteiger partial charge in [0, 0.05) is 17.6 Å². The molecule has 2 N–H and O–H groups in total. The number of nitro groups is 1. The minimum absolute atomic E-state index is 0.0201. The molecule has 2 aromatic heterocycles. The van der Waals surface area contributed by atoms with Crippen LogP contribution in [0.5, 0.6) is 0 Å². The maximum atomic E-state index is 10.5. The second-order valence-electron chi connectivity index (χ2n) is 3.89. The summed E-state index contributed by atoms with van der Waals surface area (Å²) in [4.78, 5) is 14.8. The van der Waals surface area contributed by atoms with Crippen molar-refractivity contribution in [3.8, 4) is 0 Å². The fourth-order valence-corrected chi connectivity index (χ4v) is 2.50. The van der Waals surface area contributed by atoms with E-state index in [1.54, 1.807) is 17.4 Å². The highest BCUT2D eigenvalue weighted by molar-refractivity contribution is 7.10. The van der Waals surface area contributed by atoms with Crippen LogP contribution in [-0.2, 0) is 0 Å². The van der Waals surface area contributed by atoms with Crippen LogP contribution in [0.3, 0.4) is 0 Å². The first-order chi connectivity index (χ1) is 9.20. The maximum Gasteiger partial charge on any atom is 0.363 e. The standard InChI is InChI=1S/C12H13N3O3S/c16-6-5-10(11-2-1-7-19-11)14-9-3-4-12(13-8-9)15(17)18/h1-4,7-8,10,14,16H,5-6H2. The Morgan fingerprint density at radius 1 is 1.47 bits per heavy atom. The van der Waals surface area contributed by atoms with E-state index in [1.807, 2.05) is 17.5 Å². The normalized spacial score (nSPS) is 12.1. The second kappa shape index (κ2) is 6.26. The van der Waals surface area contributed by atoms with E-state index in [0.717, 1.165) is 4.88 Å². The van der Waals surface area contributed by atoms with E-state index in [1.165, 1.54) is 12.3 Å². The van der Waals surface area contributed by atoms with Crippen LogP contribution in [0.1, 0.15) is 17.3 Å². The van der Waals surface area contributed by atoms with Crippen molar-refractivity contribution in [2.75, 3.05) is 11.9 Å². The third kappa shape index (κ3) is 3.49. The molecular formula is C12H13N3O3S. The molecule has 2 rings (SSSR count). The number of thiophene rings is 1. The lowest BCUT2D eigenvalue weighted by Crippen LogP contribution is -2.11. The van der Waals surface area contributed by atoms with Crippen LogP contribution in [0.2, 0.25) is 0 Å². The molecule has 0 aliphatic heterocycles. The number of nitrogens with one attached hydrogen (secondary N) is 1. The molecule has 19 heavy (non-hydrogen) atoms. The number of aliphatic hydroxyl groups excluding tert-OH is 1. The fraction of sp³-hybridized carbons (Fsp3) is 0.250. The third-order valence-corrected chi connectivity index (χ3v) is 3.57. The highest BCUT2D eigenvalue weighted by atomic mass is 32.1. The quantitative estimate of drug-likeness (QED) is 0.626. The predicted octanol–water partition coefficient (Wildman–Crippen LogP) is 2.59. The topological polar surface area (TPSA) is 88.3 Å². The molecule has 0 bridgehead atoms. The largest absolute Gasteiger partial charge is 0.396 e. The molecule has 0 saturated carbocycles. The van der Waals surface area contributed by atoms with E-state index in [2.05, 4.69) is 10.3 Å². The minimum Gasteiger partial charge on any atom is -0.396 e. The molecule has 0 aliphatic carbocycles. The Kier molecular flexibility index (Phi) is 4.43. The number of nitrogens with zero attached hydrogens (tertiary/aromatic N) is 2. The number of aliphatic hydroxyl groups is 1. The van der Waals surface area contributed by atoms with E-state index in [9.17, 15) is 10.1 Å². The van der Waals surface area contributed by atoms with Gasteiger partial charge in [-0.05, 0) is 33.8 Å². The summed E-state index contributed by atoms with van der Waals surface area (Å²) < 4.78 is 0. The molecule has 100 valence electrons. The molecule has 6 nitrogen and oxygen atoms in total. The maximum absolute atomic E-state index is 10.5. The van der Waals surface area contributed by atoms with E-state index in [4.69, 9.17) is 5.11 Å². The third-order valence-electron chi connectivity index (χ3n) is 2.58. The van der Waals surface area contributed by atoms with Crippen LogP contribution < -0.4 is 5.32 Å². The summed E-state index contributed by atoms with van der Waals surface area (Å²) in [7, 11) is 0. The van der Waals surface area contributed by atoms with E-state index >= 15 is 0 Å². The van der Waals surface area contributed by atoms with E-state index in [0.29, 0.717) is 12.1 Å². The van der Waals surface area contributed by atoms with Crippen molar-refractivity contribution >= 4 is 22.8 Å². The van der Waals surface area contributed by atoms with Gasteiger partial charge in [-0.1, -0.05) is 6.07 Å². The van der Waals surface area contributed by atoms with Gasteiger partial charge in [0.2, 0.25) is 0 Å². The smallest absolute Gasteiger partial charge is 0.363 e. The van der Waals surface area contributed by atoms with Crippen molar-refractivity contribution in [2.24, 2.45) is 0 Å². The van der Waals surface area contributed by atoms with Gasteiger partial charge in [0.1, 0.15) is 0 Å². The number of rotatable bonds is 6. The lowest BCUT2D eigenvalue weighted by atomic mass is 10.1. The number of hydrogen-bond acceptors (Lipinski definition) is 6. The van der Waals surface area contributed by atoms with Crippen LogP contribution in [0, 0.1) is 10.1 Å². The summed E-state index contributed by atoms with van der Waals surface area (Å²) in [6.07, 6.45) is 1.99. The highest BCUT2D eigenvalue weighted by Gasteiger charge is 2.13. The number of aromatic nitrogens is 1. The first-order valence-electron chi connectivity index (χ1n) is 5.72. The molecule has 0 fully saturated rings. The van der Waals surface area contributed by atoms with Gasteiger partial charge in [0.15, 0.2) is 6.20 Å². The van der Waals surface area contributed by atoms with Crippen molar-refractivity contribution in [3.63, 3.8) is 0 Å². The molecule has 1 atom stereocenters. The van der Waals surface area contributed by atoms with Crippen LogP contribution >= 0.6 is 11.3 Å². The highest BCUT2D eigenvalue weighted by Crippen LogP contribution is 2.26. The molecule has 0 aromatic carbocycles. The van der Waals surface area contributed by atoms with Crippen molar-refractivity contribution < 1.29 is 10.0 Å². The van der Waals surface area contributed by atoms with Crippen molar-refractivity contribution in [2.45, 2.75) is 12.5 Å². The number of anilines is 1. The summed E-state index contributed by atoms with van der Waals surface area (Å²) in [6.45, 7) is 0.0655. The van der Waals surface area contributed by atoms with E-state index in [-0.39, 0.29) is 18.5 Å². The van der Waals surface area contributed by atoms with Gasteiger partial charge in [-0.15, -0.1) is 11.3 Å². The van der Waals surface area contributed by atoms with Crippen molar-refractivity contribution in [1.29, 1.82) is 0 Å². The van der Waals surface area contributed by atoms with Crippen molar-refractivity contribution in [3.05, 3.63) is 50.8 Å². The van der Waals surface area contributed by atoms with Crippen molar-refractivity contribution in [1.82, 2.24) is 4.98 Å². The lowest BCUT2D eigenvalue weighted by Gasteiger charge is -2.16. The average molecular weight is 279 g/mol. The van der Waals surface area contributed by atoms with Gasteiger partial charge in [-0.3, -0.25) is 0 Å².